The van der Waals surface area contributed by atoms with Crippen LogP contribution in [-0.4, -0.2) is 59.4 Å². The van der Waals surface area contributed by atoms with Gasteiger partial charge in [-0.2, -0.15) is 0 Å². The Labute approximate surface area is 180 Å². The van der Waals surface area contributed by atoms with E-state index in [9.17, 15) is 4.79 Å². The maximum absolute atomic E-state index is 15.1. The molecule has 8 heteroatoms. The van der Waals surface area contributed by atoms with Crippen molar-refractivity contribution >= 4 is 11.7 Å². The highest BCUT2D eigenvalue weighted by atomic mass is 19.1. The molecule has 7 nitrogen and oxygen atoms in total. The van der Waals surface area contributed by atoms with Crippen LogP contribution in [-0.2, 0) is 24.5 Å². The average molecular weight is 427 g/mol. The van der Waals surface area contributed by atoms with E-state index < -0.39 is 12.3 Å². The van der Waals surface area contributed by atoms with E-state index in [1.54, 1.807) is 4.90 Å². The fraction of sp³-hybridized carbons (Fsp3) is 0.478. The second kappa shape index (κ2) is 8.09. The summed E-state index contributed by atoms with van der Waals surface area (Å²) in [5.74, 6) is 1.29. The monoisotopic (exact) mass is 427 g/mol. The lowest BCUT2D eigenvalue weighted by Crippen LogP contribution is -2.47. The Morgan fingerprint density at radius 2 is 2.13 bits per heavy atom. The SMILES string of the molecule is Cc1cc2c(nc1N1CC[C@@H](Oc3ccc4c(c3)COC4)[C@@H](F)C1)CN(CCO)C2=O. The standard InChI is InChI=1S/C23H26FN3O4/c1-14-8-18-20(11-27(6-7-28)23(18)29)25-22(14)26-5-4-21(19(24)10-26)31-17-3-2-15-12-30-13-16(15)9-17/h2-3,8-9,19,21,28H,4-7,10-13H2,1H3/t19-,21+/m0/s1. The number of aryl methyl sites for hydroxylation is 1. The lowest BCUT2D eigenvalue weighted by Gasteiger charge is -2.36. The lowest BCUT2D eigenvalue weighted by molar-refractivity contribution is 0.0745. The molecule has 4 heterocycles. The molecule has 0 spiro atoms. The number of carbonyl (C=O) groups excluding carboxylic acids is 1. The fourth-order valence-electron chi connectivity index (χ4n) is 4.60. The summed E-state index contributed by atoms with van der Waals surface area (Å²) < 4.78 is 26.5. The second-order valence-electron chi connectivity index (χ2n) is 8.40. The highest BCUT2D eigenvalue weighted by Crippen LogP contribution is 2.31. The first-order valence-electron chi connectivity index (χ1n) is 10.7. The quantitative estimate of drug-likeness (QED) is 0.790. The van der Waals surface area contributed by atoms with Crippen LogP contribution in [0.5, 0.6) is 5.75 Å². The van der Waals surface area contributed by atoms with Gasteiger partial charge in [0.1, 0.15) is 17.7 Å². The molecule has 2 aromatic rings. The predicted octanol–water partition coefficient (Wildman–Crippen LogP) is 2.36. The van der Waals surface area contributed by atoms with Gasteiger partial charge in [0.25, 0.3) is 5.91 Å². The van der Waals surface area contributed by atoms with E-state index in [1.165, 1.54) is 0 Å². The van der Waals surface area contributed by atoms with Crippen LogP contribution in [0, 0.1) is 6.92 Å². The number of alkyl halides is 1. The number of carbonyl (C=O) groups is 1. The number of rotatable bonds is 5. The van der Waals surface area contributed by atoms with E-state index in [1.807, 2.05) is 36.1 Å². The summed E-state index contributed by atoms with van der Waals surface area (Å²) in [6, 6.07) is 7.65. The molecule has 1 amide bonds. The minimum atomic E-state index is -1.15. The number of nitrogens with zero attached hydrogens (tertiary/aromatic N) is 3. The van der Waals surface area contributed by atoms with E-state index >= 15 is 4.39 Å². The Morgan fingerprint density at radius 3 is 2.94 bits per heavy atom. The van der Waals surface area contributed by atoms with Crippen molar-refractivity contribution < 1.29 is 23.8 Å². The zero-order chi connectivity index (χ0) is 21.5. The molecule has 1 aromatic carbocycles. The number of aromatic nitrogens is 1. The molecule has 2 atom stereocenters. The molecular formula is C23H26FN3O4. The van der Waals surface area contributed by atoms with Crippen LogP contribution in [0.25, 0.3) is 0 Å². The number of fused-ring (bicyclic) bond motifs is 2. The number of aliphatic hydroxyl groups is 1. The highest BCUT2D eigenvalue weighted by molar-refractivity contribution is 5.98. The number of ether oxygens (including phenoxy) is 2. The molecule has 0 aliphatic carbocycles. The number of halogens is 1. The summed E-state index contributed by atoms with van der Waals surface area (Å²) in [6.07, 6.45) is -1.11. The first-order chi connectivity index (χ1) is 15.0. The number of pyridine rings is 1. The molecule has 1 saturated heterocycles. The summed E-state index contributed by atoms with van der Waals surface area (Å²) in [6.45, 7) is 4.49. The first kappa shape index (κ1) is 20.2. The van der Waals surface area contributed by atoms with Crippen LogP contribution in [0.4, 0.5) is 10.2 Å². The molecule has 0 saturated carbocycles. The molecule has 3 aliphatic rings. The maximum atomic E-state index is 15.1. The van der Waals surface area contributed by atoms with E-state index in [2.05, 4.69) is 0 Å². The van der Waals surface area contributed by atoms with Crippen molar-refractivity contribution in [3.63, 3.8) is 0 Å². The number of β-amino-alcohol motifs (C(OH)–C–C–N with tert-alkyl or cyclic N) is 1. The average Bonchev–Trinajstić information content (AvgIpc) is 3.34. The summed E-state index contributed by atoms with van der Waals surface area (Å²) in [5, 5.41) is 9.16. The molecule has 0 radical (unpaired) electrons. The van der Waals surface area contributed by atoms with Crippen LogP contribution in [0.15, 0.2) is 24.3 Å². The number of aliphatic hydroxyl groups excluding tert-OH is 1. The molecular weight excluding hydrogens is 401 g/mol. The van der Waals surface area contributed by atoms with Gasteiger partial charge in [0.15, 0.2) is 6.17 Å². The van der Waals surface area contributed by atoms with Gasteiger partial charge in [-0.25, -0.2) is 9.37 Å². The Balaban J connectivity index is 1.28. The molecule has 0 bridgehead atoms. The number of hydrogen-bond acceptors (Lipinski definition) is 6. The van der Waals surface area contributed by atoms with Crippen LogP contribution in [0.1, 0.15) is 39.2 Å². The van der Waals surface area contributed by atoms with Crippen molar-refractivity contribution in [2.24, 2.45) is 0 Å². The van der Waals surface area contributed by atoms with Gasteiger partial charge in [-0.3, -0.25) is 4.79 Å². The smallest absolute Gasteiger partial charge is 0.256 e. The largest absolute Gasteiger partial charge is 0.487 e. The van der Waals surface area contributed by atoms with Gasteiger partial charge in [-0.1, -0.05) is 6.07 Å². The topological polar surface area (TPSA) is 75.1 Å². The third-order valence-electron chi connectivity index (χ3n) is 6.26. The maximum Gasteiger partial charge on any atom is 0.256 e. The van der Waals surface area contributed by atoms with E-state index in [0.717, 1.165) is 16.7 Å². The third kappa shape index (κ3) is 3.74. The van der Waals surface area contributed by atoms with Gasteiger partial charge >= 0.3 is 0 Å². The second-order valence-corrected chi connectivity index (χ2v) is 8.40. The van der Waals surface area contributed by atoms with Crippen molar-refractivity contribution in [1.29, 1.82) is 0 Å². The van der Waals surface area contributed by atoms with E-state index in [4.69, 9.17) is 19.6 Å². The Hall–Kier alpha value is -2.71. The van der Waals surface area contributed by atoms with Gasteiger partial charge in [0, 0.05) is 19.5 Å². The van der Waals surface area contributed by atoms with Gasteiger partial charge in [-0.15, -0.1) is 0 Å². The molecule has 3 aliphatic heterocycles. The number of piperidine rings is 1. The number of amides is 1. The Kier molecular flexibility index (Phi) is 5.27. The molecule has 1 fully saturated rings. The summed E-state index contributed by atoms with van der Waals surface area (Å²) in [5.41, 5.74) is 4.38. The molecule has 164 valence electrons. The minimum absolute atomic E-state index is 0.0835. The molecule has 5 rings (SSSR count). The van der Waals surface area contributed by atoms with Crippen LogP contribution in [0.2, 0.25) is 0 Å². The number of benzene rings is 1. The molecule has 0 unspecified atom stereocenters. The highest BCUT2D eigenvalue weighted by Gasteiger charge is 2.34. The normalized spacial score (nSPS) is 22.6. The van der Waals surface area contributed by atoms with Gasteiger partial charge in [-0.05, 0) is 41.8 Å². The van der Waals surface area contributed by atoms with E-state index in [0.29, 0.717) is 55.5 Å². The minimum Gasteiger partial charge on any atom is -0.487 e. The van der Waals surface area contributed by atoms with Crippen LogP contribution < -0.4 is 9.64 Å². The van der Waals surface area contributed by atoms with Crippen LogP contribution in [0.3, 0.4) is 0 Å². The summed E-state index contributed by atoms with van der Waals surface area (Å²) >= 11 is 0. The van der Waals surface area contributed by atoms with Crippen molar-refractivity contribution in [3.05, 3.63) is 52.2 Å². The molecule has 31 heavy (non-hydrogen) atoms. The van der Waals surface area contributed by atoms with Crippen molar-refractivity contribution in [1.82, 2.24) is 9.88 Å². The third-order valence-corrected chi connectivity index (χ3v) is 6.26. The molecule has 1 aromatic heterocycles. The summed E-state index contributed by atoms with van der Waals surface area (Å²) in [7, 11) is 0. The zero-order valence-corrected chi connectivity index (χ0v) is 17.5. The number of hydrogen-bond donors (Lipinski definition) is 1. The molecule has 1 N–H and O–H groups in total. The first-order valence-corrected chi connectivity index (χ1v) is 10.7. The number of anilines is 1. The van der Waals surface area contributed by atoms with Crippen molar-refractivity contribution in [3.8, 4) is 5.75 Å². The van der Waals surface area contributed by atoms with Crippen LogP contribution >= 0.6 is 0 Å². The lowest BCUT2D eigenvalue weighted by atomic mass is 10.0. The van der Waals surface area contributed by atoms with E-state index in [-0.39, 0.29) is 25.6 Å². The van der Waals surface area contributed by atoms with Gasteiger partial charge in [0.2, 0.25) is 0 Å². The van der Waals surface area contributed by atoms with Crippen molar-refractivity contribution in [2.75, 3.05) is 31.1 Å². The Bertz CT molecular complexity index is 1010. The van der Waals surface area contributed by atoms with Crippen molar-refractivity contribution in [2.45, 2.75) is 45.4 Å². The van der Waals surface area contributed by atoms with Gasteiger partial charge < -0.3 is 24.4 Å². The van der Waals surface area contributed by atoms with Gasteiger partial charge in [0.05, 0.1) is 44.2 Å². The predicted molar refractivity (Wildman–Crippen MR) is 112 cm³/mol. The zero-order valence-electron chi connectivity index (χ0n) is 17.5. The Morgan fingerprint density at radius 1 is 1.29 bits per heavy atom. The summed E-state index contributed by atoms with van der Waals surface area (Å²) in [4.78, 5) is 20.7. The fourth-order valence-corrected chi connectivity index (χ4v) is 4.60.